The van der Waals surface area contributed by atoms with Gasteiger partial charge in [-0.05, 0) is 37.5 Å². The third-order valence-corrected chi connectivity index (χ3v) is 5.58. The Bertz CT molecular complexity index is 822. The molecule has 1 N–H and O–H groups in total. The number of rotatable bonds is 5. The highest BCUT2D eigenvalue weighted by molar-refractivity contribution is 5.89. The third-order valence-electron chi connectivity index (χ3n) is 5.58. The first kappa shape index (κ1) is 22.9. The van der Waals surface area contributed by atoms with Crippen molar-refractivity contribution in [3.63, 3.8) is 0 Å². The summed E-state index contributed by atoms with van der Waals surface area (Å²) in [6.07, 6.45) is -3.58. The van der Waals surface area contributed by atoms with Crippen molar-refractivity contribution in [3.05, 3.63) is 35.4 Å². The summed E-state index contributed by atoms with van der Waals surface area (Å²) >= 11 is 0. The van der Waals surface area contributed by atoms with Crippen molar-refractivity contribution in [2.75, 3.05) is 26.2 Å². The van der Waals surface area contributed by atoms with Gasteiger partial charge in [-0.25, -0.2) is 4.79 Å². The van der Waals surface area contributed by atoms with Crippen LogP contribution >= 0.6 is 0 Å². The molecule has 0 bridgehead atoms. The summed E-state index contributed by atoms with van der Waals surface area (Å²) in [6.45, 7) is 3.21. The van der Waals surface area contributed by atoms with Gasteiger partial charge in [0.2, 0.25) is 11.8 Å². The lowest BCUT2D eigenvalue weighted by molar-refractivity contribution is -0.137. The van der Waals surface area contributed by atoms with Crippen LogP contribution in [0.2, 0.25) is 0 Å². The summed E-state index contributed by atoms with van der Waals surface area (Å²) in [5, 5.41) is 2.94. The lowest BCUT2D eigenvalue weighted by Crippen LogP contribution is -2.48. The smallest absolute Gasteiger partial charge is 0.416 e. The summed E-state index contributed by atoms with van der Waals surface area (Å²) in [7, 11) is 0. The van der Waals surface area contributed by atoms with Crippen LogP contribution < -0.4 is 5.32 Å². The van der Waals surface area contributed by atoms with E-state index < -0.39 is 17.7 Å². The minimum absolute atomic E-state index is 0.0322. The van der Waals surface area contributed by atoms with Crippen molar-refractivity contribution in [2.45, 2.75) is 44.9 Å². The number of ether oxygens (including phenoxy) is 1. The Labute approximate surface area is 178 Å². The molecule has 0 aromatic heterocycles. The molecular formula is C21H26F3N3O4. The van der Waals surface area contributed by atoms with E-state index in [0.717, 1.165) is 12.1 Å². The van der Waals surface area contributed by atoms with Gasteiger partial charge < -0.3 is 19.9 Å². The summed E-state index contributed by atoms with van der Waals surface area (Å²) in [4.78, 5) is 39.7. The number of nitrogens with one attached hydrogen (secondary N) is 1. The van der Waals surface area contributed by atoms with E-state index in [1.165, 1.54) is 17.0 Å². The fraction of sp³-hybridized carbons (Fsp3) is 0.571. The van der Waals surface area contributed by atoms with Gasteiger partial charge in [-0.1, -0.05) is 12.1 Å². The molecule has 1 aromatic carbocycles. The van der Waals surface area contributed by atoms with Gasteiger partial charge in [0.25, 0.3) is 0 Å². The number of carbonyl (C=O) groups excluding carboxylic acids is 3. The molecule has 1 unspecified atom stereocenters. The Kier molecular flexibility index (Phi) is 7.07. The van der Waals surface area contributed by atoms with Gasteiger partial charge in [0.1, 0.15) is 0 Å². The van der Waals surface area contributed by atoms with Gasteiger partial charge in [0, 0.05) is 38.6 Å². The van der Waals surface area contributed by atoms with E-state index in [9.17, 15) is 27.6 Å². The summed E-state index contributed by atoms with van der Waals surface area (Å²) in [5.41, 5.74) is -0.393. The van der Waals surface area contributed by atoms with Crippen molar-refractivity contribution in [3.8, 4) is 0 Å². The zero-order valence-electron chi connectivity index (χ0n) is 17.3. The highest BCUT2D eigenvalue weighted by Gasteiger charge is 2.36. The van der Waals surface area contributed by atoms with E-state index in [-0.39, 0.29) is 43.5 Å². The van der Waals surface area contributed by atoms with Crippen molar-refractivity contribution in [2.24, 2.45) is 5.92 Å². The molecule has 31 heavy (non-hydrogen) atoms. The van der Waals surface area contributed by atoms with Crippen LogP contribution in [0.1, 0.15) is 37.3 Å². The quantitative estimate of drug-likeness (QED) is 0.762. The zero-order chi connectivity index (χ0) is 22.6. The molecule has 10 heteroatoms. The Morgan fingerprint density at radius 3 is 2.58 bits per heavy atom. The maximum atomic E-state index is 12.9. The van der Waals surface area contributed by atoms with Gasteiger partial charge in [-0.15, -0.1) is 0 Å². The molecule has 3 amide bonds. The molecule has 2 aliphatic rings. The number of hydrogen-bond acceptors (Lipinski definition) is 4. The zero-order valence-corrected chi connectivity index (χ0v) is 17.3. The SMILES string of the molecule is CCOC(=O)N1CCC(NC(=O)C2CC(=O)N(Cc3cccc(C(F)(F)F)c3)C2)CC1. The van der Waals surface area contributed by atoms with Crippen LogP contribution in [0.4, 0.5) is 18.0 Å². The average molecular weight is 441 g/mol. The van der Waals surface area contributed by atoms with Gasteiger partial charge in [0.05, 0.1) is 18.1 Å². The molecule has 2 saturated heterocycles. The standard InChI is InChI=1S/C21H26F3N3O4/c1-2-31-20(30)26-8-6-17(7-9-26)25-19(29)15-11-18(28)27(13-15)12-14-4-3-5-16(10-14)21(22,23)24/h3-5,10,15,17H,2,6-9,11-13H2,1H3,(H,25,29). The van der Waals surface area contributed by atoms with Crippen LogP contribution in [0.3, 0.4) is 0 Å². The molecule has 0 aliphatic carbocycles. The number of alkyl halides is 3. The largest absolute Gasteiger partial charge is 0.450 e. The van der Waals surface area contributed by atoms with Crippen molar-refractivity contribution >= 4 is 17.9 Å². The van der Waals surface area contributed by atoms with Crippen LogP contribution in [0, 0.1) is 5.92 Å². The predicted molar refractivity (Wildman–Crippen MR) is 105 cm³/mol. The van der Waals surface area contributed by atoms with Gasteiger partial charge in [0.15, 0.2) is 0 Å². The van der Waals surface area contributed by atoms with Crippen molar-refractivity contribution < 1.29 is 32.3 Å². The first-order valence-corrected chi connectivity index (χ1v) is 10.3. The van der Waals surface area contributed by atoms with Gasteiger partial charge >= 0.3 is 12.3 Å². The van der Waals surface area contributed by atoms with Crippen LogP contribution in [-0.4, -0.2) is 60.0 Å². The van der Waals surface area contributed by atoms with Crippen LogP contribution in [0.15, 0.2) is 24.3 Å². The molecule has 0 radical (unpaired) electrons. The number of piperidine rings is 1. The highest BCUT2D eigenvalue weighted by Crippen LogP contribution is 2.30. The first-order valence-electron chi connectivity index (χ1n) is 10.3. The van der Waals surface area contributed by atoms with Crippen LogP contribution in [-0.2, 0) is 27.0 Å². The molecule has 170 valence electrons. The second-order valence-electron chi connectivity index (χ2n) is 7.84. The van der Waals surface area contributed by atoms with E-state index in [1.807, 2.05) is 0 Å². The Morgan fingerprint density at radius 1 is 1.23 bits per heavy atom. The average Bonchev–Trinajstić information content (AvgIpc) is 3.09. The fourth-order valence-corrected chi connectivity index (χ4v) is 3.91. The second kappa shape index (κ2) is 9.57. The van der Waals surface area contributed by atoms with Crippen molar-refractivity contribution in [1.82, 2.24) is 15.1 Å². The number of hydrogen-bond donors (Lipinski definition) is 1. The lowest BCUT2D eigenvalue weighted by atomic mass is 10.0. The molecule has 0 spiro atoms. The second-order valence-corrected chi connectivity index (χ2v) is 7.84. The van der Waals surface area contributed by atoms with Gasteiger partial charge in [-0.3, -0.25) is 9.59 Å². The van der Waals surface area contributed by atoms with E-state index in [0.29, 0.717) is 38.1 Å². The molecule has 2 fully saturated rings. The monoisotopic (exact) mass is 441 g/mol. The number of carbonyl (C=O) groups is 3. The van der Waals surface area contributed by atoms with E-state index in [2.05, 4.69) is 5.32 Å². The molecule has 7 nitrogen and oxygen atoms in total. The number of benzene rings is 1. The molecule has 3 rings (SSSR count). The van der Waals surface area contributed by atoms with E-state index >= 15 is 0 Å². The van der Waals surface area contributed by atoms with Crippen LogP contribution in [0.25, 0.3) is 0 Å². The number of nitrogens with zero attached hydrogens (tertiary/aromatic N) is 2. The Hall–Kier alpha value is -2.78. The molecule has 2 aliphatic heterocycles. The number of halogens is 3. The molecule has 2 heterocycles. The molecule has 1 atom stereocenters. The van der Waals surface area contributed by atoms with E-state index in [1.54, 1.807) is 11.8 Å². The molecule has 0 saturated carbocycles. The minimum Gasteiger partial charge on any atom is -0.450 e. The van der Waals surface area contributed by atoms with E-state index in [4.69, 9.17) is 4.74 Å². The Morgan fingerprint density at radius 2 is 1.94 bits per heavy atom. The third kappa shape index (κ3) is 5.89. The topological polar surface area (TPSA) is 79.0 Å². The predicted octanol–water partition coefficient (Wildman–Crippen LogP) is 2.79. The summed E-state index contributed by atoms with van der Waals surface area (Å²) < 4.78 is 43.7. The first-order chi connectivity index (χ1) is 14.7. The van der Waals surface area contributed by atoms with Crippen LogP contribution in [0.5, 0.6) is 0 Å². The van der Waals surface area contributed by atoms with Gasteiger partial charge in [-0.2, -0.15) is 13.2 Å². The lowest BCUT2D eigenvalue weighted by Gasteiger charge is -2.32. The Balaban J connectivity index is 1.50. The molecule has 1 aromatic rings. The fourth-order valence-electron chi connectivity index (χ4n) is 3.91. The number of amides is 3. The normalized spacial score (nSPS) is 20.1. The maximum absolute atomic E-state index is 12.9. The summed E-state index contributed by atoms with van der Waals surface area (Å²) in [5.74, 6) is -1.04. The highest BCUT2D eigenvalue weighted by atomic mass is 19.4. The number of likely N-dealkylation sites (tertiary alicyclic amines) is 2. The minimum atomic E-state index is -4.45. The van der Waals surface area contributed by atoms with Crippen molar-refractivity contribution in [1.29, 1.82) is 0 Å². The maximum Gasteiger partial charge on any atom is 0.416 e. The summed E-state index contributed by atoms with van der Waals surface area (Å²) in [6, 6.07) is 4.76. The molecular weight excluding hydrogens is 415 g/mol.